The van der Waals surface area contributed by atoms with Crippen molar-refractivity contribution in [2.75, 3.05) is 12.4 Å². The maximum absolute atomic E-state index is 5.36. The van der Waals surface area contributed by atoms with Crippen LogP contribution in [0.3, 0.4) is 0 Å². The number of hydrogen-bond donors (Lipinski definition) is 1. The van der Waals surface area contributed by atoms with Crippen molar-refractivity contribution in [2.24, 2.45) is 0 Å². The van der Waals surface area contributed by atoms with Gasteiger partial charge in [0.15, 0.2) is 5.01 Å². The van der Waals surface area contributed by atoms with E-state index >= 15 is 0 Å². The number of para-hydroxylation sites is 1. The van der Waals surface area contributed by atoms with Gasteiger partial charge in [-0.15, -0.1) is 10.2 Å². The normalized spacial score (nSPS) is 10.4. The first kappa shape index (κ1) is 14.0. The first-order valence-electron chi connectivity index (χ1n) is 6.26. The Balaban J connectivity index is 1.86. The maximum atomic E-state index is 5.36. The van der Waals surface area contributed by atoms with E-state index in [9.17, 15) is 0 Å². The number of ether oxygens (including phenoxy) is 1. The zero-order chi connectivity index (χ0) is 14.7. The van der Waals surface area contributed by atoms with E-state index in [1.165, 1.54) is 11.3 Å². The van der Waals surface area contributed by atoms with Crippen LogP contribution in [0, 0.1) is 0 Å². The topological polar surface area (TPSA) is 47.0 Å². The molecule has 0 unspecified atom stereocenters. The van der Waals surface area contributed by atoms with Crippen LogP contribution in [0.15, 0.2) is 53.0 Å². The number of aromatic nitrogens is 2. The van der Waals surface area contributed by atoms with Crippen LogP contribution in [0.4, 0.5) is 10.8 Å². The predicted molar refractivity (Wildman–Crippen MR) is 89.3 cm³/mol. The molecule has 3 rings (SSSR count). The Morgan fingerprint density at radius 2 is 1.95 bits per heavy atom. The monoisotopic (exact) mass is 361 g/mol. The van der Waals surface area contributed by atoms with E-state index in [1.807, 2.05) is 48.5 Å². The van der Waals surface area contributed by atoms with Gasteiger partial charge in [0, 0.05) is 10.2 Å². The Morgan fingerprint density at radius 3 is 2.76 bits per heavy atom. The summed E-state index contributed by atoms with van der Waals surface area (Å²) in [6.07, 6.45) is 0. The van der Waals surface area contributed by atoms with Crippen molar-refractivity contribution in [2.45, 2.75) is 0 Å². The zero-order valence-electron chi connectivity index (χ0n) is 11.2. The second-order valence-electron chi connectivity index (χ2n) is 4.25. The second-order valence-corrected chi connectivity index (χ2v) is 6.14. The van der Waals surface area contributed by atoms with Gasteiger partial charge in [-0.05, 0) is 30.3 Å². The summed E-state index contributed by atoms with van der Waals surface area (Å²) in [5.41, 5.74) is 1.91. The molecule has 0 fully saturated rings. The Bertz CT molecular complexity index is 760. The molecule has 0 aliphatic heterocycles. The van der Waals surface area contributed by atoms with Gasteiger partial charge in [0.05, 0.1) is 12.7 Å². The van der Waals surface area contributed by atoms with Gasteiger partial charge >= 0.3 is 0 Å². The van der Waals surface area contributed by atoms with Crippen molar-refractivity contribution in [1.82, 2.24) is 10.2 Å². The minimum atomic E-state index is 0.744. The molecule has 1 heterocycles. The van der Waals surface area contributed by atoms with Crippen molar-refractivity contribution < 1.29 is 4.74 Å². The van der Waals surface area contributed by atoms with Crippen LogP contribution in [0.5, 0.6) is 5.75 Å². The van der Waals surface area contributed by atoms with Crippen molar-refractivity contribution in [3.63, 3.8) is 0 Å². The Labute approximate surface area is 134 Å². The second kappa shape index (κ2) is 6.24. The van der Waals surface area contributed by atoms with E-state index in [2.05, 4.69) is 31.4 Å². The van der Waals surface area contributed by atoms with Gasteiger partial charge in [-0.3, -0.25) is 0 Å². The van der Waals surface area contributed by atoms with Gasteiger partial charge in [0.25, 0.3) is 0 Å². The highest BCUT2D eigenvalue weighted by atomic mass is 79.9. The summed E-state index contributed by atoms with van der Waals surface area (Å²) in [7, 11) is 1.65. The summed E-state index contributed by atoms with van der Waals surface area (Å²) >= 11 is 4.93. The molecule has 0 amide bonds. The van der Waals surface area contributed by atoms with E-state index in [4.69, 9.17) is 4.74 Å². The molecule has 0 spiro atoms. The van der Waals surface area contributed by atoms with Crippen molar-refractivity contribution in [3.8, 4) is 16.3 Å². The van der Waals surface area contributed by atoms with Crippen LogP contribution in [0.25, 0.3) is 10.6 Å². The first-order chi connectivity index (χ1) is 10.3. The van der Waals surface area contributed by atoms with Crippen molar-refractivity contribution in [1.29, 1.82) is 0 Å². The minimum Gasteiger partial charge on any atom is -0.496 e. The van der Waals surface area contributed by atoms with Gasteiger partial charge in [0.1, 0.15) is 5.75 Å². The molecule has 3 aromatic rings. The average molecular weight is 362 g/mol. The average Bonchev–Trinajstić information content (AvgIpc) is 2.95. The quantitative estimate of drug-likeness (QED) is 0.730. The number of methoxy groups -OCH3 is 1. The lowest BCUT2D eigenvalue weighted by Crippen LogP contribution is -1.88. The molecule has 0 aliphatic carbocycles. The molecule has 0 bridgehead atoms. The SMILES string of the molecule is COc1ccccc1-c1nnc(Nc2cccc(Br)c2)s1. The fourth-order valence-corrected chi connectivity index (χ4v) is 3.09. The predicted octanol–water partition coefficient (Wildman–Crippen LogP) is 4.72. The lowest BCUT2D eigenvalue weighted by Gasteiger charge is -2.04. The van der Waals surface area contributed by atoms with Crippen LogP contribution in [-0.4, -0.2) is 17.3 Å². The summed E-state index contributed by atoms with van der Waals surface area (Å²) in [5, 5.41) is 13.2. The van der Waals surface area contributed by atoms with E-state index in [0.717, 1.165) is 31.6 Å². The van der Waals surface area contributed by atoms with Crippen molar-refractivity contribution >= 4 is 38.1 Å². The van der Waals surface area contributed by atoms with Crippen LogP contribution >= 0.6 is 27.3 Å². The van der Waals surface area contributed by atoms with E-state index in [1.54, 1.807) is 7.11 Å². The van der Waals surface area contributed by atoms with Crippen LogP contribution in [0.1, 0.15) is 0 Å². The lowest BCUT2D eigenvalue weighted by molar-refractivity contribution is 0.416. The highest BCUT2D eigenvalue weighted by molar-refractivity contribution is 9.10. The fourth-order valence-electron chi connectivity index (χ4n) is 1.89. The number of anilines is 2. The molecule has 1 N–H and O–H groups in total. The molecule has 0 atom stereocenters. The summed E-state index contributed by atoms with van der Waals surface area (Å²) in [5.74, 6) is 0.794. The van der Waals surface area contributed by atoms with Crippen LogP contribution < -0.4 is 10.1 Å². The number of rotatable bonds is 4. The molecular formula is C15H12BrN3OS. The molecule has 1 aromatic heterocycles. The third-order valence-corrected chi connectivity index (χ3v) is 4.20. The van der Waals surface area contributed by atoms with Crippen LogP contribution in [0.2, 0.25) is 0 Å². The van der Waals surface area contributed by atoms with Gasteiger partial charge in [-0.1, -0.05) is 45.5 Å². The molecule has 0 saturated heterocycles. The standard InChI is InChI=1S/C15H12BrN3OS/c1-20-13-8-3-2-7-12(13)14-18-19-15(21-14)17-11-6-4-5-10(16)9-11/h2-9H,1H3,(H,17,19). The smallest absolute Gasteiger partial charge is 0.210 e. The molecule has 0 saturated carbocycles. The number of nitrogens with zero attached hydrogens (tertiary/aromatic N) is 2. The van der Waals surface area contributed by atoms with Gasteiger partial charge < -0.3 is 10.1 Å². The molecule has 21 heavy (non-hydrogen) atoms. The maximum Gasteiger partial charge on any atom is 0.210 e. The summed E-state index contributed by atoms with van der Waals surface area (Å²) in [6.45, 7) is 0. The number of nitrogens with one attached hydrogen (secondary N) is 1. The number of benzene rings is 2. The largest absolute Gasteiger partial charge is 0.496 e. The minimum absolute atomic E-state index is 0.744. The van der Waals surface area contributed by atoms with Gasteiger partial charge in [-0.2, -0.15) is 0 Å². The molecule has 0 aliphatic rings. The summed E-state index contributed by atoms with van der Waals surface area (Å²) in [4.78, 5) is 0. The molecule has 0 radical (unpaired) electrons. The Morgan fingerprint density at radius 1 is 1.10 bits per heavy atom. The number of halogens is 1. The van der Waals surface area contributed by atoms with Gasteiger partial charge in [-0.25, -0.2) is 0 Å². The van der Waals surface area contributed by atoms with E-state index < -0.39 is 0 Å². The molecule has 6 heteroatoms. The zero-order valence-corrected chi connectivity index (χ0v) is 13.6. The Hall–Kier alpha value is -1.92. The van der Waals surface area contributed by atoms with Crippen LogP contribution in [-0.2, 0) is 0 Å². The third-order valence-electron chi connectivity index (χ3n) is 2.84. The first-order valence-corrected chi connectivity index (χ1v) is 7.87. The Kier molecular flexibility index (Phi) is 4.17. The van der Waals surface area contributed by atoms with E-state index in [-0.39, 0.29) is 0 Å². The molecular weight excluding hydrogens is 350 g/mol. The highest BCUT2D eigenvalue weighted by Crippen LogP contribution is 2.34. The highest BCUT2D eigenvalue weighted by Gasteiger charge is 2.11. The van der Waals surface area contributed by atoms with E-state index in [0.29, 0.717) is 0 Å². The van der Waals surface area contributed by atoms with Gasteiger partial charge in [0.2, 0.25) is 5.13 Å². The fraction of sp³-hybridized carbons (Fsp3) is 0.0667. The number of hydrogen-bond acceptors (Lipinski definition) is 5. The summed E-state index contributed by atoms with van der Waals surface area (Å²) < 4.78 is 6.37. The third kappa shape index (κ3) is 3.22. The molecule has 106 valence electrons. The lowest BCUT2D eigenvalue weighted by atomic mass is 10.2. The molecule has 2 aromatic carbocycles. The molecule has 4 nitrogen and oxygen atoms in total. The summed E-state index contributed by atoms with van der Waals surface area (Å²) in [6, 6.07) is 15.7. The van der Waals surface area contributed by atoms with Crippen molar-refractivity contribution in [3.05, 3.63) is 53.0 Å².